The lowest BCUT2D eigenvalue weighted by Gasteiger charge is -2.47. The molecule has 3 aliphatic heterocycles. The highest BCUT2D eigenvalue weighted by Gasteiger charge is 2.47. The van der Waals surface area contributed by atoms with Crippen molar-refractivity contribution in [3.8, 4) is 0 Å². The molecule has 3 aliphatic rings. The van der Waals surface area contributed by atoms with Gasteiger partial charge in [0.25, 0.3) is 0 Å². The third-order valence-corrected chi connectivity index (χ3v) is 11.6. The molecule has 17 atom stereocenters. The van der Waals surface area contributed by atoms with Gasteiger partial charge >= 0.3 is 5.97 Å². The molecule has 2 saturated heterocycles. The summed E-state index contributed by atoms with van der Waals surface area (Å²) < 4.78 is 42.1. The minimum atomic E-state index is -1.27. The maximum atomic E-state index is 13.6. The standard InChI is InChI=1S/C40H67NO13/c1-12-31-28(20-50-40-38(49-11)37(48-10)34(46)26(7)52-40)17-21(2)13-14-29(43)22(3)18-27(15-16-42)36(24(5)30(44)19-32(45)53-31)54-39-35(47)33(41(8)9)23(4)25(6)51-39/h13-14,16-17,22-28,30-31,33-40,44,46-47H,12,15,18-20H2,1-11H3/b14-13+,21-17+. The minimum absolute atomic E-state index is 0.0200. The molecule has 3 N–H and O–H groups in total. The predicted molar refractivity (Wildman–Crippen MR) is 199 cm³/mol. The number of ether oxygens (including phenoxy) is 7. The lowest BCUT2D eigenvalue weighted by molar-refractivity contribution is -0.304. The molecule has 0 bridgehead atoms. The maximum absolute atomic E-state index is 13.6. The second-order valence-corrected chi connectivity index (χ2v) is 15.7. The molecule has 17 unspecified atom stereocenters. The number of carbonyl (C=O) groups is 3. The summed E-state index contributed by atoms with van der Waals surface area (Å²) in [5.41, 5.74) is 0.721. The van der Waals surface area contributed by atoms with E-state index in [1.54, 1.807) is 26.8 Å². The first-order valence-corrected chi connectivity index (χ1v) is 19.4. The smallest absolute Gasteiger partial charge is 0.308 e. The lowest BCUT2D eigenvalue weighted by Crippen LogP contribution is -2.60. The Labute approximate surface area is 321 Å². The molecule has 0 aromatic carbocycles. The normalized spacial score (nSPS) is 43.6. The molecular weight excluding hydrogens is 702 g/mol. The summed E-state index contributed by atoms with van der Waals surface area (Å²) in [5.74, 6) is -3.14. The Bertz CT molecular complexity index is 1260. The van der Waals surface area contributed by atoms with Gasteiger partial charge in [-0.05, 0) is 59.7 Å². The van der Waals surface area contributed by atoms with Crippen LogP contribution in [-0.2, 0) is 47.5 Å². The molecule has 0 aromatic rings. The number of allylic oxidation sites excluding steroid dienone is 3. The Balaban J connectivity index is 1.96. The number of esters is 1. The Morgan fingerprint density at radius 2 is 1.54 bits per heavy atom. The number of methoxy groups -OCH3 is 2. The fourth-order valence-corrected chi connectivity index (χ4v) is 8.08. The van der Waals surface area contributed by atoms with Crippen LogP contribution in [0.15, 0.2) is 23.8 Å². The van der Waals surface area contributed by atoms with E-state index in [0.717, 1.165) is 11.9 Å². The SMILES string of the molecule is CCC1OC(=O)CC(O)C(C)C(OC2OC(C)C(C)C(N(C)C)C2O)C(CC=O)CC(C)C(=O)/C=C/C(C)=C/C1COC1OC(C)C(O)C(OC)C1OC. The second-order valence-electron chi connectivity index (χ2n) is 15.7. The molecule has 3 heterocycles. The molecule has 0 aliphatic carbocycles. The summed E-state index contributed by atoms with van der Waals surface area (Å²) in [4.78, 5) is 41.1. The highest BCUT2D eigenvalue weighted by atomic mass is 16.7. The second kappa shape index (κ2) is 21.4. The van der Waals surface area contributed by atoms with Crippen LogP contribution >= 0.6 is 0 Å². The average Bonchev–Trinajstić information content (AvgIpc) is 3.12. The Morgan fingerprint density at radius 1 is 0.889 bits per heavy atom. The Hall–Kier alpha value is -2.11. The number of hydrogen-bond acceptors (Lipinski definition) is 14. The predicted octanol–water partition coefficient (Wildman–Crippen LogP) is 2.84. The quantitative estimate of drug-likeness (QED) is 0.206. The number of ketones is 1. The number of cyclic esters (lactones) is 1. The first-order valence-electron chi connectivity index (χ1n) is 19.4. The van der Waals surface area contributed by atoms with Crippen LogP contribution in [0, 0.1) is 29.6 Å². The van der Waals surface area contributed by atoms with Crippen LogP contribution in [0.5, 0.6) is 0 Å². The zero-order valence-electron chi connectivity index (χ0n) is 34.0. The van der Waals surface area contributed by atoms with Crippen molar-refractivity contribution in [3.63, 3.8) is 0 Å². The number of aliphatic hydroxyl groups excluding tert-OH is 3. The lowest BCUT2D eigenvalue weighted by atomic mass is 9.79. The van der Waals surface area contributed by atoms with E-state index in [9.17, 15) is 29.7 Å². The van der Waals surface area contributed by atoms with Crippen LogP contribution in [0.25, 0.3) is 0 Å². The highest BCUT2D eigenvalue weighted by molar-refractivity contribution is 5.91. The van der Waals surface area contributed by atoms with Crippen LogP contribution in [-0.4, -0.2) is 147 Å². The van der Waals surface area contributed by atoms with Crippen molar-refractivity contribution >= 4 is 18.0 Å². The largest absolute Gasteiger partial charge is 0.462 e. The van der Waals surface area contributed by atoms with Gasteiger partial charge in [0.15, 0.2) is 18.4 Å². The van der Waals surface area contributed by atoms with Gasteiger partial charge in [0.2, 0.25) is 0 Å². The maximum Gasteiger partial charge on any atom is 0.308 e. The molecule has 0 amide bonds. The molecule has 0 saturated carbocycles. The molecule has 14 heteroatoms. The summed E-state index contributed by atoms with van der Waals surface area (Å²) in [6, 6.07) is -0.295. The minimum Gasteiger partial charge on any atom is -0.462 e. The molecule has 0 spiro atoms. The number of likely N-dealkylation sites (N-methyl/N-ethyl adjacent to an activating group) is 1. The zero-order chi connectivity index (χ0) is 40.4. The first-order chi connectivity index (χ1) is 25.5. The van der Waals surface area contributed by atoms with Crippen molar-refractivity contribution in [2.24, 2.45) is 29.6 Å². The number of nitrogens with zero attached hydrogens (tertiary/aromatic N) is 1. The zero-order valence-corrected chi connectivity index (χ0v) is 34.0. The molecule has 54 heavy (non-hydrogen) atoms. The van der Waals surface area contributed by atoms with Crippen molar-refractivity contribution < 1.29 is 62.9 Å². The van der Waals surface area contributed by atoms with Gasteiger partial charge < -0.3 is 58.2 Å². The van der Waals surface area contributed by atoms with Gasteiger partial charge in [-0.1, -0.05) is 45.4 Å². The molecule has 3 rings (SSSR count). The van der Waals surface area contributed by atoms with Crippen molar-refractivity contribution in [1.82, 2.24) is 4.90 Å². The van der Waals surface area contributed by atoms with E-state index in [4.69, 9.17) is 33.2 Å². The summed E-state index contributed by atoms with van der Waals surface area (Å²) in [6.07, 6.45) is -3.01. The van der Waals surface area contributed by atoms with E-state index in [1.807, 2.05) is 52.8 Å². The summed E-state index contributed by atoms with van der Waals surface area (Å²) >= 11 is 0. The molecule has 2 fully saturated rings. The van der Waals surface area contributed by atoms with Crippen LogP contribution in [0.1, 0.15) is 74.1 Å². The molecular formula is C40H67NO13. The van der Waals surface area contributed by atoms with Gasteiger partial charge in [0.05, 0.1) is 37.4 Å². The Kier molecular flexibility index (Phi) is 18.4. The van der Waals surface area contributed by atoms with Gasteiger partial charge in [-0.3, -0.25) is 9.59 Å². The third-order valence-electron chi connectivity index (χ3n) is 11.6. The number of rotatable bonds is 11. The Morgan fingerprint density at radius 3 is 2.13 bits per heavy atom. The number of aliphatic hydroxyl groups is 3. The monoisotopic (exact) mass is 769 g/mol. The van der Waals surface area contributed by atoms with E-state index >= 15 is 0 Å². The van der Waals surface area contributed by atoms with Crippen molar-refractivity contribution in [2.75, 3.05) is 34.9 Å². The van der Waals surface area contributed by atoms with E-state index < -0.39 is 91.1 Å². The van der Waals surface area contributed by atoms with E-state index in [2.05, 4.69) is 0 Å². The van der Waals surface area contributed by atoms with Gasteiger partial charge in [0.1, 0.15) is 36.8 Å². The van der Waals surface area contributed by atoms with Gasteiger partial charge in [-0.25, -0.2) is 0 Å². The van der Waals surface area contributed by atoms with Gasteiger partial charge in [0, 0.05) is 50.4 Å². The summed E-state index contributed by atoms with van der Waals surface area (Å²) in [5, 5.41) is 33.7. The van der Waals surface area contributed by atoms with Gasteiger partial charge in [-0.2, -0.15) is 0 Å². The fraction of sp³-hybridized carbons (Fsp3) is 0.825. The number of carbonyl (C=O) groups excluding carboxylic acids is 3. The van der Waals surface area contributed by atoms with Crippen LogP contribution in [0.4, 0.5) is 0 Å². The van der Waals surface area contributed by atoms with Crippen molar-refractivity contribution in [2.45, 2.75) is 148 Å². The molecule has 0 radical (unpaired) electrons. The van der Waals surface area contributed by atoms with E-state index in [-0.39, 0.29) is 49.7 Å². The fourth-order valence-electron chi connectivity index (χ4n) is 8.08. The third kappa shape index (κ3) is 11.7. The van der Waals surface area contributed by atoms with E-state index in [1.165, 1.54) is 20.3 Å². The van der Waals surface area contributed by atoms with Crippen LogP contribution < -0.4 is 0 Å². The summed E-state index contributed by atoms with van der Waals surface area (Å²) in [6.45, 7) is 12.8. The van der Waals surface area contributed by atoms with E-state index in [0.29, 0.717) is 6.42 Å². The summed E-state index contributed by atoms with van der Waals surface area (Å²) in [7, 11) is 6.70. The topological polar surface area (TPSA) is 180 Å². The van der Waals surface area contributed by atoms with Gasteiger partial charge in [-0.15, -0.1) is 0 Å². The van der Waals surface area contributed by atoms with Crippen LogP contribution in [0.2, 0.25) is 0 Å². The molecule has 0 aromatic heterocycles. The number of hydrogen-bond donors (Lipinski definition) is 3. The van der Waals surface area contributed by atoms with Crippen molar-refractivity contribution in [1.29, 1.82) is 0 Å². The average molecular weight is 770 g/mol. The molecule has 14 nitrogen and oxygen atoms in total. The van der Waals surface area contributed by atoms with Crippen LogP contribution in [0.3, 0.4) is 0 Å². The number of aldehydes is 1. The highest BCUT2D eigenvalue weighted by Crippen LogP contribution is 2.36. The molecule has 310 valence electrons. The van der Waals surface area contributed by atoms with Crippen molar-refractivity contribution in [3.05, 3.63) is 23.8 Å². The first kappa shape index (κ1) is 46.3.